The van der Waals surface area contributed by atoms with Crippen LogP contribution in [0.15, 0.2) is 5.38 Å². The summed E-state index contributed by atoms with van der Waals surface area (Å²) in [5, 5.41) is 5.55. The van der Waals surface area contributed by atoms with E-state index in [-0.39, 0.29) is 0 Å². The molecule has 0 fully saturated rings. The van der Waals surface area contributed by atoms with Gasteiger partial charge in [0.25, 0.3) is 0 Å². The number of ether oxygens (including phenoxy) is 2. The Kier molecular flexibility index (Phi) is 5.21. The third-order valence-electron chi connectivity index (χ3n) is 1.95. The van der Waals surface area contributed by atoms with Crippen molar-refractivity contribution in [2.45, 2.75) is 6.92 Å². The van der Waals surface area contributed by atoms with Crippen molar-refractivity contribution in [2.75, 3.05) is 32.7 Å². The topological polar surface area (TPSA) is 60.5 Å². The molecule has 0 aliphatic carbocycles. The molecule has 0 amide bonds. The molecule has 1 atom stereocenters. The number of aromatic nitrogens is 1. The van der Waals surface area contributed by atoms with Crippen molar-refractivity contribution in [2.24, 2.45) is 5.92 Å². The van der Waals surface area contributed by atoms with Crippen molar-refractivity contribution in [3.8, 4) is 0 Å². The Bertz CT molecular complexity index is 341. The Morgan fingerprint density at radius 2 is 2.38 bits per heavy atom. The lowest BCUT2D eigenvalue weighted by Crippen LogP contribution is -2.15. The molecule has 0 saturated heterocycles. The first-order valence-corrected chi connectivity index (χ1v) is 5.82. The number of anilines is 1. The van der Waals surface area contributed by atoms with Crippen molar-refractivity contribution >= 4 is 22.4 Å². The predicted molar refractivity (Wildman–Crippen MR) is 63.0 cm³/mol. The van der Waals surface area contributed by atoms with Crippen molar-refractivity contribution in [1.29, 1.82) is 0 Å². The maximum atomic E-state index is 11.1. The lowest BCUT2D eigenvalue weighted by Gasteiger charge is -2.09. The minimum Gasteiger partial charge on any atom is -0.464 e. The number of thiazole rings is 1. The summed E-state index contributed by atoms with van der Waals surface area (Å²) in [6, 6.07) is 0. The summed E-state index contributed by atoms with van der Waals surface area (Å²) < 4.78 is 9.59. The molecule has 0 radical (unpaired) electrons. The predicted octanol–water partition coefficient (Wildman–Crippen LogP) is 1.62. The van der Waals surface area contributed by atoms with E-state index >= 15 is 0 Å². The summed E-state index contributed by atoms with van der Waals surface area (Å²) >= 11 is 1.39. The summed E-state index contributed by atoms with van der Waals surface area (Å²) in [5.74, 6) is -0.00952. The number of carbonyl (C=O) groups excluding carboxylic acids is 1. The standard InChI is InChI=1S/C10H16N2O3S/c1-7(5-14-2)4-11-10-12-8(6-16-10)9(13)15-3/h6-7H,4-5H2,1-3H3,(H,11,12). The van der Waals surface area contributed by atoms with Crippen molar-refractivity contribution in [3.05, 3.63) is 11.1 Å². The van der Waals surface area contributed by atoms with Gasteiger partial charge >= 0.3 is 5.97 Å². The molecule has 0 spiro atoms. The zero-order valence-electron chi connectivity index (χ0n) is 9.65. The number of esters is 1. The lowest BCUT2D eigenvalue weighted by atomic mass is 10.2. The molecule has 90 valence electrons. The van der Waals surface area contributed by atoms with E-state index in [1.807, 2.05) is 0 Å². The molecule has 1 rings (SSSR count). The van der Waals surface area contributed by atoms with Gasteiger partial charge in [0, 0.05) is 19.0 Å². The zero-order chi connectivity index (χ0) is 12.0. The van der Waals surface area contributed by atoms with Gasteiger partial charge < -0.3 is 14.8 Å². The summed E-state index contributed by atoms with van der Waals surface area (Å²) in [5.41, 5.74) is 0.342. The third kappa shape index (κ3) is 3.79. The molecule has 1 aromatic heterocycles. The summed E-state index contributed by atoms with van der Waals surface area (Å²) in [7, 11) is 3.02. The summed E-state index contributed by atoms with van der Waals surface area (Å²) in [4.78, 5) is 15.2. The Labute approximate surface area is 98.8 Å². The highest BCUT2D eigenvalue weighted by Crippen LogP contribution is 2.16. The molecule has 0 bridgehead atoms. The number of carbonyl (C=O) groups is 1. The van der Waals surface area contributed by atoms with Crippen molar-refractivity contribution in [3.63, 3.8) is 0 Å². The number of hydrogen-bond acceptors (Lipinski definition) is 6. The Morgan fingerprint density at radius 1 is 1.62 bits per heavy atom. The third-order valence-corrected chi connectivity index (χ3v) is 2.75. The highest BCUT2D eigenvalue weighted by Gasteiger charge is 2.10. The molecule has 6 heteroatoms. The first kappa shape index (κ1) is 12.9. The van der Waals surface area contributed by atoms with Crippen LogP contribution in [0.3, 0.4) is 0 Å². The quantitative estimate of drug-likeness (QED) is 0.771. The number of hydrogen-bond donors (Lipinski definition) is 1. The molecule has 1 aromatic rings. The highest BCUT2D eigenvalue weighted by atomic mass is 32.1. The van der Waals surface area contributed by atoms with Gasteiger partial charge in [-0.05, 0) is 5.92 Å². The van der Waals surface area contributed by atoms with Gasteiger partial charge in [0.1, 0.15) is 0 Å². The minimum atomic E-state index is -0.408. The Balaban J connectivity index is 2.43. The maximum absolute atomic E-state index is 11.1. The van der Waals surface area contributed by atoms with Crippen molar-refractivity contribution < 1.29 is 14.3 Å². The largest absolute Gasteiger partial charge is 0.464 e. The van der Waals surface area contributed by atoms with Gasteiger partial charge in [-0.3, -0.25) is 0 Å². The van der Waals surface area contributed by atoms with Crippen LogP contribution in [-0.2, 0) is 9.47 Å². The number of nitrogens with zero attached hydrogens (tertiary/aromatic N) is 1. The molecule has 1 heterocycles. The molecule has 5 nitrogen and oxygen atoms in total. The molecule has 0 aliphatic heterocycles. The van der Waals surface area contributed by atoms with E-state index in [9.17, 15) is 4.79 Å². The molecular weight excluding hydrogens is 228 g/mol. The summed E-state index contributed by atoms with van der Waals surface area (Å²) in [6.07, 6.45) is 0. The minimum absolute atomic E-state index is 0.342. The van der Waals surface area contributed by atoms with E-state index < -0.39 is 5.97 Å². The normalized spacial score (nSPS) is 12.2. The number of methoxy groups -OCH3 is 2. The van der Waals surface area contributed by atoms with Gasteiger partial charge in [0.15, 0.2) is 10.8 Å². The Morgan fingerprint density at radius 3 is 3.00 bits per heavy atom. The SMILES string of the molecule is COCC(C)CNc1nc(C(=O)OC)cs1. The second-order valence-corrected chi connectivity index (χ2v) is 4.33. The van der Waals surface area contributed by atoms with Gasteiger partial charge in [0.05, 0.1) is 13.7 Å². The van der Waals surface area contributed by atoms with E-state index in [0.29, 0.717) is 18.2 Å². The average Bonchev–Trinajstić information content (AvgIpc) is 2.74. The first-order chi connectivity index (χ1) is 7.67. The second-order valence-electron chi connectivity index (χ2n) is 3.47. The van der Waals surface area contributed by atoms with Crippen LogP contribution in [0.4, 0.5) is 5.13 Å². The van der Waals surface area contributed by atoms with Crippen LogP contribution in [0.25, 0.3) is 0 Å². The van der Waals surface area contributed by atoms with E-state index in [4.69, 9.17) is 4.74 Å². The highest BCUT2D eigenvalue weighted by molar-refractivity contribution is 7.13. The van der Waals surface area contributed by atoms with Gasteiger partial charge in [-0.2, -0.15) is 0 Å². The van der Waals surface area contributed by atoms with Crippen LogP contribution in [0.2, 0.25) is 0 Å². The zero-order valence-corrected chi connectivity index (χ0v) is 10.5. The summed E-state index contributed by atoms with van der Waals surface area (Å²) in [6.45, 7) is 3.54. The fraction of sp³-hybridized carbons (Fsp3) is 0.600. The molecule has 1 unspecified atom stereocenters. The van der Waals surface area contributed by atoms with Crippen LogP contribution in [0.5, 0.6) is 0 Å². The average molecular weight is 244 g/mol. The number of rotatable bonds is 6. The van der Waals surface area contributed by atoms with Crippen molar-refractivity contribution in [1.82, 2.24) is 4.98 Å². The van der Waals surface area contributed by atoms with E-state index in [0.717, 1.165) is 11.7 Å². The molecule has 0 aromatic carbocycles. The molecule has 16 heavy (non-hydrogen) atoms. The van der Waals surface area contributed by atoms with Crippen LogP contribution >= 0.6 is 11.3 Å². The van der Waals surface area contributed by atoms with Crippen LogP contribution < -0.4 is 5.32 Å². The molecule has 0 saturated carbocycles. The lowest BCUT2D eigenvalue weighted by molar-refractivity contribution is 0.0595. The first-order valence-electron chi connectivity index (χ1n) is 4.94. The fourth-order valence-electron chi connectivity index (χ4n) is 1.16. The monoisotopic (exact) mass is 244 g/mol. The molecule has 0 aliphatic rings. The van der Waals surface area contributed by atoms with E-state index in [1.54, 1.807) is 12.5 Å². The van der Waals surface area contributed by atoms with Gasteiger partial charge in [-0.1, -0.05) is 6.92 Å². The molecular formula is C10H16N2O3S. The maximum Gasteiger partial charge on any atom is 0.357 e. The van der Waals surface area contributed by atoms with E-state index in [1.165, 1.54) is 18.4 Å². The second kappa shape index (κ2) is 6.44. The number of nitrogens with one attached hydrogen (secondary N) is 1. The van der Waals surface area contributed by atoms with Gasteiger partial charge in [-0.15, -0.1) is 11.3 Å². The fourth-order valence-corrected chi connectivity index (χ4v) is 1.85. The smallest absolute Gasteiger partial charge is 0.357 e. The van der Waals surface area contributed by atoms with Gasteiger partial charge in [0.2, 0.25) is 0 Å². The van der Waals surface area contributed by atoms with Gasteiger partial charge in [-0.25, -0.2) is 9.78 Å². The van der Waals surface area contributed by atoms with Crippen LogP contribution in [0.1, 0.15) is 17.4 Å². The van der Waals surface area contributed by atoms with Crippen LogP contribution in [-0.4, -0.2) is 38.3 Å². The molecule has 1 N–H and O–H groups in total. The Hall–Kier alpha value is -1.14. The van der Waals surface area contributed by atoms with Crippen LogP contribution in [0, 0.1) is 5.92 Å². The van der Waals surface area contributed by atoms with E-state index in [2.05, 4.69) is 22.0 Å².